The van der Waals surface area contributed by atoms with Crippen LogP contribution in [0.15, 0.2) is 0 Å². The maximum Gasteiger partial charge on any atom is 0.314 e. The lowest BCUT2D eigenvalue weighted by Crippen LogP contribution is -2.74. The van der Waals surface area contributed by atoms with Crippen molar-refractivity contribution in [1.82, 2.24) is 5.32 Å². The number of nitrogens with two attached hydrogens (primary N) is 1. The van der Waals surface area contributed by atoms with Gasteiger partial charge < -0.3 is 71.6 Å². The van der Waals surface area contributed by atoms with Crippen LogP contribution in [0.1, 0.15) is 0 Å². The van der Waals surface area contributed by atoms with E-state index in [0.717, 1.165) is 0 Å². The van der Waals surface area contributed by atoms with Crippen LogP contribution in [-0.4, -0.2) is 127 Å². The smallest absolute Gasteiger partial charge is 0.314 e. The van der Waals surface area contributed by atoms with Crippen LogP contribution in [0.3, 0.4) is 0 Å². The van der Waals surface area contributed by atoms with Crippen LogP contribution in [-0.2, 0) is 14.2 Å². The Kier molecular flexibility index (Phi) is 8.45. The molecule has 2 heterocycles. The highest BCUT2D eigenvalue weighted by Gasteiger charge is 2.56. The van der Waals surface area contributed by atoms with Crippen LogP contribution in [0.5, 0.6) is 0 Å². The third kappa shape index (κ3) is 4.51. The summed E-state index contributed by atoms with van der Waals surface area (Å²) >= 11 is 0. The maximum absolute atomic E-state index is 11.2. The number of carbonyl (C=O) groups excluding carboxylic acids is 1. The van der Waals surface area contributed by atoms with E-state index in [1.54, 1.807) is 0 Å². The molecule has 2 rings (SSSR count). The van der Waals surface area contributed by atoms with Crippen LogP contribution in [0, 0.1) is 0 Å². The molecule has 2 aliphatic rings. The Labute approximate surface area is 157 Å². The summed E-state index contributed by atoms with van der Waals surface area (Å²) in [6, 6.07) is -1.24. The van der Waals surface area contributed by atoms with Crippen molar-refractivity contribution in [3.63, 3.8) is 0 Å². The minimum absolute atomic E-state index is 0. The summed E-state index contributed by atoms with van der Waals surface area (Å²) in [5.41, 5.74) is 2.61. The van der Waals surface area contributed by atoms with Crippen LogP contribution in [0.25, 0.3) is 0 Å². The Bertz CT molecular complexity index is 525. The first-order chi connectivity index (χ1) is 12.6. The van der Waals surface area contributed by atoms with Crippen molar-refractivity contribution in [2.24, 2.45) is 5.73 Å². The number of aliphatic hydroxyl groups excluding tert-OH is 8. The number of carbonyl (C=O) groups is 1. The fraction of sp³-hybridized carbons (Fsp3) is 0.923. The molecule has 10 atom stereocenters. The molecular formula is C13H26N2O13. The van der Waals surface area contributed by atoms with Crippen molar-refractivity contribution in [3.05, 3.63) is 0 Å². The summed E-state index contributed by atoms with van der Waals surface area (Å²) in [4.78, 5) is 11.2. The zero-order valence-corrected chi connectivity index (χ0v) is 14.4. The highest BCUT2D eigenvalue weighted by atomic mass is 16.7. The lowest BCUT2D eigenvalue weighted by molar-refractivity contribution is -0.378. The first-order valence-electron chi connectivity index (χ1n) is 7.94. The van der Waals surface area contributed by atoms with Crippen molar-refractivity contribution in [2.75, 3.05) is 13.2 Å². The monoisotopic (exact) mass is 418 g/mol. The molecule has 2 aliphatic heterocycles. The SMILES string of the molecule is NC(=O)N[C@]1(CO)O[C@H](O[C@H]2[C@H](O)[C@@H](O)[C@H](O)O[C@@H]2CO)[C@H](O)[C@@H](O)[C@H]1O.O. The molecule has 0 unspecified atom stereocenters. The second-order valence-corrected chi connectivity index (χ2v) is 6.28. The zero-order valence-electron chi connectivity index (χ0n) is 14.4. The second kappa shape index (κ2) is 9.53. The summed E-state index contributed by atoms with van der Waals surface area (Å²) in [5, 5.41) is 80.1. The van der Waals surface area contributed by atoms with Crippen molar-refractivity contribution in [3.8, 4) is 0 Å². The minimum Gasteiger partial charge on any atom is -0.412 e. The fourth-order valence-electron chi connectivity index (χ4n) is 2.95. The average molecular weight is 418 g/mol. The van der Waals surface area contributed by atoms with Gasteiger partial charge in [-0.15, -0.1) is 0 Å². The van der Waals surface area contributed by atoms with E-state index in [1.807, 2.05) is 5.32 Å². The number of rotatable bonds is 5. The van der Waals surface area contributed by atoms with E-state index in [9.17, 15) is 45.6 Å². The molecule has 15 nitrogen and oxygen atoms in total. The molecule has 0 bridgehead atoms. The number of amides is 2. The third-order valence-electron chi connectivity index (χ3n) is 4.46. The number of nitrogens with one attached hydrogen (secondary N) is 1. The lowest BCUT2D eigenvalue weighted by Gasteiger charge is -2.49. The normalized spacial score (nSPS) is 46.5. The van der Waals surface area contributed by atoms with Crippen LogP contribution < -0.4 is 11.1 Å². The van der Waals surface area contributed by atoms with Crippen molar-refractivity contribution < 1.29 is 65.3 Å². The highest BCUT2D eigenvalue weighted by molar-refractivity contribution is 5.72. The Morgan fingerprint density at radius 2 is 1.64 bits per heavy atom. The molecule has 2 fully saturated rings. The van der Waals surface area contributed by atoms with Gasteiger partial charge in [0.1, 0.15) is 42.7 Å². The highest BCUT2D eigenvalue weighted by Crippen LogP contribution is 2.32. The number of urea groups is 1. The molecular weight excluding hydrogens is 392 g/mol. The molecule has 166 valence electrons. The molecule has 0 aliphatic carbocycles. The zero-order chi connectivity index (χ0) is 20.5. The van der Waals surface area contributed by atoms with Crippen LogP contribution >= 0.6 is 0 Å². The van der Waals surface area contributed by atoms with Gasteiger partial charge in [0.2, 0.25) is 0 Å². The lowest BCUT2D eigenvalue weighted by atomic mass is 9.93. The van der Waals surface area contributed by atoms with Crippen molar-refractivity contribution in [2.45, 2.75) is 61.0 Å². The van der Waals surface area contributed by atoms with E-state index in [-0.39, 0.29) is 5.48 Å². The van der Waals surface area contributed by atoms with E-state index < -0.39 is 80.3 Å². The topological polar surface area (TPSA) is 276 Å². The third-order valence-corrected chi connectivity index (χ3v) is 4.46. The van der Waals surface area contributed by atoms with Gasteiger partial charge in [0.25, 0.3) is 0 Å². The van der Waals surface area contributed by atoms with Gasteiger partial charge in [0.05, 0.1) is 13.2 Å². The van der Waals surface area contributed by atoms with Gasteiger partial charge >= 0.3 is 6.03 Å². The van der Waals surface area contributed by atoms with Gasteiger partial charge in [-0.25, -0.2) is 4.79 Å². The molecule has 0 aromatic heterocycles. The molecule has 0 aromatic rings. The number of primary amides is 1. The Morgan fingerprint density at radius 1 is 1.04 bits per heavy atom. The molecule has 2 saturated heterocycles. The number of aliphatic hydroxyl groups is 8. The summed E-state index contributed by atoms with van der Waals surface area (Å²) < 4.78 is 15.4. The Hall–Kier alpha value is -1.21. The van der Waals surface area contributed by atoms with Gasteiger partial charge in [-0.2, -0.15) is 0 Å². The molecule has 13 N–H and O–H groups in total. The van der Waals surface area contributed by atoms with Crippen LogP contribution in [0.4, 0.5) is 4.79 Å². The Balaban J connectivity index is 0.00000392. The Morgan fingerprint density at radius 3 is 2.14 bits per heavy atom. The number of hydrogen-bond donors (Lipinski definition) is 10. The van der Waals surface area contributed by atoms with E-state index in [0.29, 0.717) is 0 Å². The van der Waals surface area contributed by atoms with Gasteiger partial charge in [-0.05, 0) is 0 Å². The molecule has 0 aromatic carbocycles. The molecule has 0 radical (unpaired) electrons. The van der Waals surface area contributed by atoms with E-state index in [2.05, 4.69) is 0 Å². The van der Waals surface area contributed by atoms with Crippen LogP contribution in [0.2, 0.25) is 0 Å². The minimum atomic E-state index is -2.36. The average Bonchev–Trinajstić information content (AvgIpc) is 2.63. The standard InChI is InChI=1S/C13H24N2O12.H2O/c14-12(24)15-13(2-17)9(22)5(19)7(21)11(27-13)26-8-3(1-16)25-10(23)6(20)4(8)18;/h3-11,16-23H,1-2H2,(H3,14,15,24);1H2/t3-,4-,5-,6-,7-,8-,9-,10-,11+,13-;/m1./s1. The summed E-state index contributed by atoms with van der Waals surface area (Å²) in [5.74, 6) is 0. The fourth-order valence-corrected chi connectivity index (χ4v) is 2.95. The van der Waals surface area contributed by atoms with E-state index >= 15 is 0 Å². The molecule has 28 heavy (non-hydrogen) atoms. The molecule has 0 spiro atoms. The maximum atomic E-state index is 11.2. The summed E-state index contributed by atoms with van der Waals surface area (Å²) in [6.45, 7) is -1.86. The first kappa shape index (κ1) is 24.8. The number of hydrogen-bond acceptors (Lipinski definition) is 12. The van der Waals surface area contributed by atoms with Gasteiger partial charge in [-0.3, -0.25) is 0 Å². The summed E-state index contributed by atoms with van der Waals surface area (Å²) in [6.07, 6.45) is -16.2. The molecule has 2 amide bonds. The van der Waals surface area contributed by atoms with E-state index in [1.165, 1.54) is 0 Å². The quantitative estimate of drug-likeness (QED) is 0.199. The van der Waals surface area contributed by atoms with Gasteiger partial charge in [-0.1, -0.05) is 0 Å². The summed E-state index contributed by atoms with van der Waals surface area (Å²) in [7, 11) is 0. The first-order valence-corrected chi connectivity index (χ1v) is 7.94. The van der Waals surface area contributed by atoms with E-state index in [4.69, 9.17) is 19.9 Å². The number of ether oxygens (including phenoxy) is 3. The van der Waals surface area contributed by atoms with Gasteiger partial charge in [0, 0.05) is 0 Å². The van der Waals surface area contributed by atoms with Crippen molar-refractivity contribution in [1.29, 1.82) is 0 Å². The predicted molar refractivity (Wildman–Crippen MR) is 83.9 cm³/mol. The largest absolute Gasteiger partial charge is 0.412 e. The van der Waals surface area contributed by atoms with Crippen molar-refractivity contribution >= 4 is 6.03 Å². The van der Waals surface area contributed by atoms with Gasteiger partial charge in [0.15, 0.2) is 18.3 Å². The molecule has 15 heteroatoms. The predicted octanol–water partition coefficient (Wildman–Crippen LogP) is -7.23. The molecule has 0 saturated carbocycles. The second-order valence-electron chi connectivity index (χ2n) is 6.28.